The molecule has 0 aromatic rings. The van der Waals surface area contributed by atoms with Gasteiger partial charge >= 0.3 is 0 Å². The molecule has 0 atom stereocenters. The van der Waals surface area contributed by atoms with Crippen LogP contribution in [0.4, 0.5) is 0 Å². The molecule has 0 aromatic heterocycles. The third-order valence-corrected chi connectivity index (χ3v) is 2.99. The van der Waals surface area contributed by atoms with Crippen LogP contribution in [0.25, 0.3) is 0 Å². The highest BCUT2D eigenvalue weighted by atomic mass is 15.2. The molecule has 98 valence electrons. The standard InChI is InChI=1S/C11H25N3.C2H6/c1-12-6-9-13(2)10-11-14-7-4-3-5-8-14;1-2/h12H,3-11H2,1-2H3;1-2H3. The molecular weight excluding hydrogens is 198 g/mol. The third kappa shape index (κ3) is 8.08. The summed E-state index contributed by atoms with van der Waals surface area (Å²) in [6.45, 7) is 11.3. The van der Waals surface area contributed by atoms with Gasteiger partial charge in [-0.15, -0.1) is 0 Å². The van der Waals surface area contributed by atoms with E-state index in [0.29, 0.717) is 0 Å². The number of nitrogens with one attached hydrogen (secondary N) is 1. The lowest BCUT2D eigenvalue weighted by molar-refractivity contribution is 0.197. The molecule has 3 nitrogen and oxygen atoms in total. The molecule has 16 heavy (non-hydrogen) atoms. The topological polar surface area (TPSA) is 18.5 Å². The fourth-order valence-electron chi connectivity index (χ4n) is 1.91. The molecule has 0 radical (unpaired) electrons. The molecule has 1 aliphatic rings. The van der Waals surface area contributed by atoms with Crippen molar-refractivity contribution in [3.63, 3.8) is 0 Å². The van der Waals surface area contributed by atoms with Crippen molar-refractivity contribution < 1.29 is 0 Å². The third-order valence-electron chi connectivity index (χ3n) is 2.99. The minimum Gasteiger partial charge on any atom is -0.318 e. The van der Waals surface area contributed by atoms with Crippen molar-refractivity contribution >= 4 is 0 Å². The Kier molecular flexibility index (Phi) is 11.3. The molecule has 1 rings (SSSR count). The zero-order chi connectivity index (χ0) is 12.2. The zero-order valence-corrected chi connectivity index (χ0v) is 11.8. The van der Waals surface area contributed by atoms with Gasteiger partial charge in [-0.05, 0) is 40.0 Å². The molecule has 1 fully saturated rings. The number of hydrogen-bond donors (Lipinski definition) is 1. The van der Waals surface area contributed by atoms with Gasteiger partial charge < -0.3 is 15.1 Å². The van der Waals surface area contributed by atoms with Gasteiger partial charge in [0.05, 0.1) is 0 Å². The minimum atomic E-state index is 1.09. The lowest BCUT2D eigenvalue weighted by atomic mass is 10.1. The fraction of sp³-hybridized carbons (Fsp3) is 1.00. The molecule has 0 aliphatic carbocycles. The van der Waals surface area contributed by atoms with Gasteiger partial charge in [-0.1, -0.05) is 20.3 Å². The molecule has 0 aromatic carbocycles. The number of hydrogen-bond acceptors (Lipinski definition) is 3. The Hall–Kier alpha value is -0.120. The second-order valence-corrected chi connectivity index (χ2v) is 4.31. The average Bonchev–Trinajstić information content (AvgIpc) is 2.37. The summed E-state index contributed by atoms with van der Waals surface area (Å²) in [7, 11) is 4.22. The Morgan fingerprint density at radius 3 is 2.25 bits per heavy atom. The Labute approximate surface area is 102 Å². The maximum atomic E-state index is 3.18. The van der Waals surface area contributed by atoms with E-state index in [9.17, 15) is 0 Å². The highest BCUT2D eigenvalue weighted by Crippen LogP contribution is 2.07. The molecule has 0 spiro atoms. The fourth-order valence-corrected chi connectivity index (χ4v) is 1.91. The van der Waals surface area contributed by atoms with Crippen molar-refractivity contribution in [2.45, 2.75) is 33.1 Å². The first-order valence-electron chi connectivity index (χ1n) is 6.88. The molecule has 0 bridgehead atoms. The molecule has 0 saturated carbocycles. The van der Waals surface area contributed by atoms with E-state index in [1.165, 1.54) is 45.4 Å². The number of likely N-dealkylation sites (N-methyl/N-ethyl adjacent to an activating group) is 2. The summed E-state index contributed by atoms with van der Waals surface area (Å²) in [5.74, 6) is 0. The molecule has 1 aliphatic heterocycles. The quantitative estimate of drug-likeness (QED) is 0.747. The van der Waals surface area contributed by atoms with Crippen LogP contribution in [0, 0.1) is 0 Å². The Balaban J connectivity index is 0.00000106. The molecule has 1 saturated heterocycles. The molecule has 1 heterocycles. The van der Waals surface area contributed by atoms with E-state index in [1.807, 2.05) is 20.9 Å². The summed E-state index contributed by atoms with van der Waals surface area (Å²) in [5.41, 5.74) is 0. The van der Waals surface area contributed by atoms with Gasteiger partial charge in [-0.2, -0.15) is 0 Å². The predicted molar refractivity (Wildman–Crippen MR) is 73.1 cm³/mol. The number of rotatable bonds is 6. The second kappa shape index (κ2) is 11.4. The van der Waals surface area contributed by atoms with Crippen molar-refractivity contribution in [3.8, 4) is 0 Å². The maximum absolute atomic E-state index is 3.18. The summed E-state index contributed by atoms with van der Waals surface area (Å²) in [6, 6.07) is 0. The molecule has 0 amide bonds. The van der Waals surface area contributed by atoms with E-state index < -0.39 is 0 Å². The smallest absolute Gasteiger partial charge is 0.0109 e. The summed E-state index contributed by atoms with van der Waals surface area (Å²) in [6.07, 6.45) is 4.24. The van der Waals surface area contributed by atoms with Crippen molar-refractivity contribution in [2.75, 3.05) is 53.4 Å². The van der Waals surface area contributed by atoms with Crippen LogP contribution in [0.2, 0.25) is 0 Å². The van der Waals surface area contributed by atoms with Gasteiger partial charge in [0.25, 0.3) is 0 Å². The maximum Gasteiger partial charge on any atom is 0.0109 e. The normalized spacial score (nSPS) is 17.1. The average molecular weight is 229 g/mol. The first kappa shape index (κ1) is 15.9. The van der Waals surface area contributed by atoms with Gasteiger partial charge in [0.1, 0.15) is 0 Å². The van der Waals surface area contributed by atoms with Crippen LogP contribution in [0.5, 0.6) is 0 Å². The Morgan fingerprint density at radius 1 is 1.06 bits per heavy atom. The van der Waals surface area contributed by atoms with Crippen LogP contribution in [-0.4, -0.2) is 63.2 Å². The van der Waals surface area contributed by atoms with Gasteiger partial charge in [-0.3, -0.25) is 0 Å². The minimum absolute atomic E-state index is 1.09. The molecule has 3 heteroatoms. The van der Waals surface area contributed by atoms with Gasteiger partial charge in [-0.25, -0.2) is 0 Å². The predicted octanol–water partition coefficient (Wildman–Crippen LogP) is 1.65. The van der Waals surface area contributed by atoms with Crippen LogP contribution < -0.4 is 5.32 Å². The first-order valence-corrected chi connectivity index (χ1v) is 6.88. The van der Waals surface area contributed by atoms with Gasteiger partial charge in [0, 0.05) is 26.2 Å². The van der Waals surface area contributed by atoms with Gasteiger partial charge in [0.15, 0.2) is 0 Å². The summed E-state index contributed by atoms with van der Waals surface area (Å²) in [5, 5.41) is 3.18. The molecular formula is C13H31N3. The van der Waals surface area contributed by atoms with Crippen LogP contribution in [0.15, 0.2) is 0 Å². The number of likely N-dealkylation sites (tertiary alicyclic amines) is 1. The van der Waals surface area contributed by atoms with E-state index in [1.54, 1.807) is 0 Å². The second-order valence-electron chi connectivity index (χ2n) is 4.31. The molecule has 0 unspecified atom stereocenters. The van der Waals surface area contributed by atoms with Crippen LogP contribution in [0.1, 0.15) is 33.1 Å². The summed E-state index contributed by atoms with van der Waals surface area (Å²) < 4.78 is 0. The van der Waals surface area contributed by atoms with Crippen LogP contribution in [0.3, 0.4) is 0 Å². The lowest BCUT2D eigenvalue weighted by Crippen LogP contribution is -2.38. The van der Waals surface area contributed by atoms with Crippen molar-refractivity contribution in [3.05, 3.63) is 0 Å². The largest absolute Gasteiger partial charge is 0.318 e. The van der Waals surface area contributed by atoms with Crippen molar-refractivity contribution in [1.29, 1.82) is 0 Å². The lowest BCUT2D eigenvalue weighted by Gasteiger charge is -2.28. The highest BCUT2D eigenvalue weighted by Gasteiger charge is 2.09. The van der Waals surface area contributed by atoms with E-state index in [2.05, 4.69) is 22.2 Å². The van der Waals surface area contributed by atoms with E-state index in [0.717, 1.165) is 13.1 Å². The van der Waals surface area contributed by atoms with Crippen molar-refractivity contribution in [2.24, 2.45) is 0 Å². The molecule has 1 N–H and O–H groups in total. The van der Waals surface area contributed by atoms with E-state index in [4.69, 9.17) is 0 Å². The first-order chi connectivity index (χ1) is 7.83. The summed E-state index contributed by atoms with van der Waals surface area (Å²) >= 11 is 0. The number of piperidine rings is 1. The van der Waals surface area contributed by atoms with Gasteiger partial charge in [0.2, 0.25) is 0 Å². The van der Waals surface area contributed by atoms with Crippen LogP contribution in [-0.2, 0) is 0 Å². The summed E-state index contributed by atoms with van der Waals surface area (Å²) in [4.78, 5) is 5.00. The number of nitrogens with zero attached hydrogens (tertiary/aromatic N) is 2. The Morgan fingerprint density at radius 2 is 1.69 bits per heavy atom. The SMILES string of the molecule is CC.CNCCN(C)CCN1CCCCC1. The van der Waals surface area contributed by atoms with Crippen LogP contribution >= 0.6 is 0 Å². The van der Waals surface area contributed by atoms with E-state index >= 15 is 0 Å². The van der Waals surface area contributed by atoms with Crippen molar-refractivity contribution in [1.82, 2.24) is 15.1 Å². The van der Waals surface area contributed by atoms with E-state index in [-0.39, 0.29) is 0 Å². The highest BCUT2D eigenvalue weighted by molar-refractivity contribution is 4.66. The zero-order valence-electron chi connectivity index (χ0n) is 11.8. The Bertz CT molecular complexity index is 133. The monoisotopic (exact) mass is 229 g/mol.